The fraction of sp³-hybridized carbons (Fsp3) is 0.250. The zero-order valence-electron chi connectivity index (χ0n) is 6.53. The number of aromatic nitrogens is 1. The van der Waals surface area contributed by atoms with Crippen LogP contribution in [0.25, 0.3) is 0 Å². The van der Waals surface area contributed by atoms with Crippen molar-refractivity contribution >= 4 is 17.3 Å². The van der Waals surface area contributed by atoms with Gasteiger partial charge in [0.2, 0.25) is 0 Å². The van der Waals surface area contributed by atoms with Gasteiger partial charge in [-0.3, -0.25) is 4.79 Å². The third kappa shape index (κ3) is 3.17. The maximum atomic E-state index is 10.3. The average Bonchev–Trinajstić information content (AvgIpc) is 2.49. The summed E-state index contributed by atoms with van der Waals surface area (Å²) in [5, 5.41) is 2.58. The monoisotopic (exact) mass is 181 g/mol. The molecule has 1 rings (SSSR count). The molecule has 0 atom stereocenters. The lowest BCUT2D eigenvalue weighted by atomic mass is 10.6. The molecule has 0 amide bonds. The Labute approximate surface area is 74.4 Å². The van der Waals surface area contributed by atoms with Gasteiger partial charge in [0.15, 0.2) is 11.6 Å². The first kappa shape index (κ1) is 8.75. The Morgan fingerprint density at radius 1 is 1.83 bits per heavy atom. The van der Waals surface area contributed by atoms with Crippen LogP contribution in [0.1, 0.15) is 11.9 Å². The number of hydrogen-bond donors (Lipinski definition) is 0. The highest BCUT2D eigenvalue weighted by molar-refractivity contribution is 7.10. The number of carbonyl (C=O) groups excluding carboxylic acids is 1. The second kappa shape index (κ2) is 4.52. The Morgan fingerprint density at radius 3 is 3.25 bits per heavy atom. The second-order valence-corrected chi connectivity index (χ2v) is 2.81. The van der Waals surface area contributed by atoms with Gasteiger partial charge in [0, 0.05) is 18.5 Å². The molecule has 1 aromatic heterocycles. The quantitative estimate of drug-likeness (QED) is 0.480. The molecule has 4 heteroatoms. The first-order valence-corrected chi connectivity index (χ1v) is 4.19. The van der Waals surface area contributed by atoms with Crippen molar-refractivity contribution in [3.05, 3.63) is 16.6 Å². The van der Waals surface area contributed by atoms with Crippen LogP contribution in [-0.4, -0.2) is 17.6 Å². The Morgan fingerprint density at radius 2 is 2.67 bits per heavy atom. The van der Waals surface area contributed by atoms with E-state index < -0.39 is 0 Å². The molecule has 12 heavy (non-hydrogen) atoms. The van der Waals surface area contributed by atoms with Crippen molar-refractivity contribution in [3.8, 4) is 11.8 Å². The zero-order valence-corrected chi connectivity index (χ0v) is 7.35. The number of ether oxygens (including phenoxy) is 1. The molecule has 0 N–H and O–H groups in total. The molecule has 1 heterocycles. The molecule has 0 saturated heterocycles. The first-order chi connectivity index (χ1) is 5.79. The number of rotatable bonds is 1. The van der Waals surface area contributed by atoms with Gasteiger partial charge in [0.25, 0.3) is 0 Å². The van der Waals surface area contributed by atoms with E-state index in [0.29, 0.717) is 0 Å². The molecule has 0 saturated carbocycles. The van der Waals surface area contributed by atoms with E-state index in [2.05, 4.69) is 21.6 Å². The molecule has 0 aliphatic rings. The average molecular weight is 181 g/mol. The summed E-state index contributed by atoms with van der Waals surface area (Å²) in [6.07, 6.45) is 1.68. The van der Waals surface area contributed by atoms with Gasteiger partial charge in [0.1, 0.15) is 0 Å². The van der Waals surface area contributed by atoms with Crippen LogP contribution < -0.4 is 0 Å². The lowest BCUT2D eigenvalue weighted by Gasteiger charge is -1.90. The molecule has 0 aromatic carbocycles. The highest BCUT2D eigenvalue weighted by Crippen LogP contribution is 1.99. The highest BCUT2D eigenvalue weighted by atomic mass is 32.1. The Balaban J connectivity index is 2.35. The number of thiazole rings is 1. The smallest absolute Gasteiger partial charge is 0.303 e. The predicted octanol–water partition coefficient (Wildman–Crippen LogP) is 1.06. The summed E-state index contributed by atoms with van der Waals surface area (Å²) in [4.78, 5) is 14.2. The Bertz CT molecular complexity index is 308. The minimum absolute atomic E-state index is 0.134. The molecule has 0 aliphatic carbocycles. The molecule has 1 aromatic rings. The Hall–Kier alpha value is -1.34. The van der Waals surface area contributed by atoms with Gasteiger partial charge in [0.05, 0.1) is 0 Å². The lowest BCUT2D eigenvalue weighted by Crippen LogP contribution is -1.97. The van der Waals surface area contributed by atoms with E-state index in [0.717, 1.165) is 5.01 Å². The summed E-state index contributed by atoms with van der Waals surface area (Å²) < 4.78 is 4.60. The van der Waals surface area contributed by atoms with Crippen molar-refractivity contribution < 1.29 is 9.53 Å². The number of esters is 1. The summed E-state index contributed by atoms with van der Waals surface area (Å²) in [6.45, 7) is 1.49. The minimum atomic E-state index is -0.316. The minimum Gasteiger partial charge on any atom is -0.453 e. The van der Waals surface area contributed by atoms with Crippen LogP contribution >= 0.6 is 11.3 Å². The fourth-order valence-electron chi connectivity index (χ4n) is 0.535. The van der Waals surface area contributed by atoms with E-state index >= 15 is 0 Å². The van der Waals surface area contributed by atoms with E-state index in [1.54, 1.807) is 6.20 Å². The summed E-state index contributed by atoms with van der Waals surface area (Å²) >= 11 is 1.46. The lowest BCUT2D eigenvalue weighted by molar-refractivity contribution is -0.139. The van der Waals surface area contributed by atoms with E-state index in [4.69, 9.17) is 0 Å². The molecule has 0 fully saturated rings. The van der Waals surface area contributed by atoms with Crippen LogP contribution in [0.3, 0.4) is 0 Å². The van der Waals surface area contributed by atoms with Crippen LogP contribution in [-0.2, 0) is 9.53 Å². The van der Waals surface area contributed by atoms with Crippen molar-refractivity contribution in [3.63, 3.8) is 0 Å². The largest absolute Gasteiger partial charge is 0.453 e. The highest BCUT2D eigenvalue weighted by Gasteiger charge is 1.88. The van der Waals surface area contributed by atoms with Gasteiger partial charge in [-0.1, -0.05) is 5.92 Å². The Kier molecular flexibility index (Phi) is 3.30. The van der Waals surface area contributed by atoms with Gasteiger partial charge >= 0.3 is 5.97 Å². The van der Waals surface area contributed by atoms with Crippen molar-refractivity contribution in [2.75, 3.05) is 6.61 Å². The van der Waals surface area contributed by atoms with Gasteiger partial charge in [-0.2, -0.15) is 0 Å². The van der Waals surface area contributed by atoms with E-state index in [1.165, 1.54) is 18.3 Å². The maximum Gasteiger partial charge on any atom is 0.303 e. The summed E-state index contributed by atoms with van der Waals surface area (Å²) in [5.41, 5.74) is 0. The van der Waals surface area contributed by atoms with Crippen LogP contribution in [0.4, 0.5) is 0 Å². The second-order valence-electron chi connectivity index (χ2n) is 1.92. The normalized spacial score (nSPS) is 8.42. The molecule has 3 nitrogen and oxygen atoms in total. The van der Waals surface area contributed by atoms with Crippen LogP contribution in [0.2, 0.25) is 0 Å². The van der Waals surface area contributed by atoms with Crippen molar-refractivity contribution in [2.45, 2.75) is 6.92 Å². The topological polar surface area (TPSA) is 39.2 Å². The molecule has 0 spiro atoms. The SMILES string of the molecule is CC(=O)OCC#Cc1nccs1. The first-order valence-electron chi connectivity index (χ1n) is 3.31. The van der Waals surface area contributed by atoms with E-state index in [1.807, 2.05) is 5.38 Å². The van der Waals surface area contributed by atoms with Crippen molar-refractivity contribution in [2.24, 2.45) is 0 Å². The van der Waals surface area contributed by atoms with Crippen LogP contribution in [0, 0.1) is 11.8 Å². The third-order valence-electron chi connectivity index (χ3n) is 0.975. The predicted molar refractivity (Wildman–Crippen MR) is 45.6 cm³/mol. The summed E-state index contributed by atoms with van der Waals surface area (Å²) in [6, 6.07) is 0. The molecule has 62 valence electrons. The number of hydrogen-bond acceptors (Lipinski definition) is 4. The van der Waals surface area contributed by atoms with Gasteiger partial charge in [-0.05, 0) is 5.92 Å². The third-order valence-corrected chi connectivity index (χ3v) is 1.66. The van der Waals surface area contributed by atoms with Crippen molar-refractivity contribution in [1.29, 1.82) is 0 Å². The van der Waals surface area contributed by atoms with E-state index in [-0.39, 0.29) is 12.6 Å². The molecule has 0 aliphatic heterocycles. The zero-order chi connectivity index (χ0) is 8.81. The molecule has 0 bridgehead atoms. The molecular formula is C8H7NO2S. The molecule has 0 radical (unpaired) electrons. The summed E-state index contributed by atoms with van der Waals surface area (Å²) in [7, 11) is 0. The number of nitrogens with zero attached hydrogens (tertiary/aromatic N) is 1. The standard InChI is InChI=1S/C8H7NO2S/c1-7(10)11-5-2-3-8-9-4-6-12-8/h4,6H,5H2,1H3. The van der Waals surface area contributed by atoms with Gasteiger partial charge in [-0.15, -0.1) is 11.3 Å². The van der Waals surface area contributed by atoms with Gasteiger partial charge in [-0.25, -0.2) is 4.98 Å². The fourth-order valence-corrected chi connectivity index (χ4v) is 1.04. The van der Waals surface area contributed by atoms with Crippen molar-refractivity contribution in [1.82, 2.24) is 4.98 Å². The van der Waals surface area contributed by atoms with E-state index in [9.17, 15) is 4.79 Å². The molecule has 0 unspecified atom stereocenters. The molecular weight excluding hydrogens is 174 g/mol. The number of carbonyl (C=O) groups is 1. The maximum absolute atomic E-state index is 10.3. The van der Waals surface area contributed by atoms with Crippen LogP contribution in [0.5, 0.6) is 0 Å². The van der Waals surface area contributed by atoms with Crippen LogP contribution in [0.15, 0.2) is 11.6 Å². The van der Waals surface area contributed by atoms with Gasteiger partial charge < -0.3 is 4.74 Å². The summed E-state index contributed by atoms with van der Waals surface area (Å²) in [5.74, 6) is 5.12.